The van der Waals surface area contributed by atoms with Gasteiger partial charge in [-0.2, -0.15) is 5.26 Å². The monoisotopic (exact) mass is 258 g/mol. The molecule has 1 saturated heterocycles. The van der Waals surface area contributed by atoms with Crippen molar-refractivity contribution in [3.8, 4) is 6.07 Å². The molecule has 0 spiro atoms. The van der Waals surface area contributed by atoms with Crippen molar-refractivity contribution in [1.29, 1.82) is 5.26 Å². The third-order valence-corrected chi connectivity index (χ3v) is 3.69. The molecule has 100 valence electrons. The van der Waals surface area contributed by atoms with Gasteiger partial charge in [-0.05, 0) is 44.9 Å². The van der Waals surface area contributed by atoms with Crippen LogP contribution in [0, 0.1) is 11.3 Å². The lowest BCUT2D eigenvalue weighted by Crippen LogP contribution is -2.42. The molecule has 0 bridgehead atoms. The second kappa shape index (κ2) is 5.02. The third kappa shape index (κ3) is 2.94. The van der Waals surface area contributed by atoms with E-state index in [0.29, 0.717) is 37.1 Å². The standard InChI is InChI=1S/C15H18N2O2/c1-11(18)13-4-3-12(10-16)9-14(13)17-7-5-15(2,19)6-8-17/h3-4,9,19H,5-8H2,1-2H3. The molecular formula is C15H18N2O2. The Labute approximate surface area is 113 Å². The van der Waals surface area contributed by atoms with E-state index in [1.807, 2.05) is 6.92 Å². The van der Waals surface area contributed by atoms with E-state index in [9.17, 15) is 9.90 Å². The highest BCUT2D eigenvalue weighted by molar-refractivity contribution is 6.00. The van der Waals surface area contributed by atoms with E-state index in [2.05, 4.69) is 11.0 Å². The smallest absolute Gasteiger partial charge is 0.161 e. The minimum atomic E-state index is -0.625. The van der Waals surface area contributed by atoms with Crippen molar-refractivity contribution >= 4 is 11.5 Å². The normalized spacial score (nSPS) is 17.9. The molecule has 4 heteroatoms. The van der Waals surface area contributed by atoms with Crippen molar-refractivity contribution in [2.24, 2.45) is 0 Å². The third-order valence-electron chi connectivity index (χ3n) is 3.69. The fourth-order valence-electron chi connectivity index (χ4n) is 2.39. The van der Waals surface area contributed by atoms with Gasteiger partial charge < -0.3 is 10.0 Å². The van der Waals surface area contributed by atoms with E-state index in [0.717, 1.165) is 5.69 Å². The van der Waals surface area contributed by atoms with Crippen LogP contribution in [-0.2, 0) is 0 Å². The largest absolute Gasteiger partial charge is 0.390 e. The summed E-state index contributed by atoms with van der Waals surface area (Å²) in [6, 6.07) is 7.24. The minimum Gasteiger partial charge on any atom is -0.390 e. The minimum absolute atomic E-state index is 0.00294. The van der Waals surface area contributed by atoms with E-state index in [1.165, 1.54) is 6.92 Å². The number of carbonyl (C=O) groups is 1. The Hall–Kier alpha value is -1.86. The summed E-state index contributed by atoms with van der Waals surface area (Å²) >= 11 is 0. The molecule has 4 nitrogen and oxygen atoms in total. The van der Waals surface area contributed by atoms with Crippen LogP contribution in [0.1, 0.15) is 42.6 Å². The summed E-state index contributed by atoms with van der Waals surface area (Å²) in [7, 11) is 0. The molecule has 0 unspecified atom stereocenters. The van der Waals surface area contributed by atoms with Crippen LogP contribution < -0.4 is 4.90 Å². The number of nitrogens with zero attached hydrogens (tertiary/aromatic N) is 2. The molecule has 0 amide bonds. The Morgan fingerprint density at radius 3 is 2.58 bits per heavy atom. The van der Waals surface area contributed by atoms with Gasteiger partial charge in [0.15, 0.2) is 5.78 Å². The van der Waals surface area contributed by atoms with Gasteiger partial charge in [0.05, 0.1) is 17.2 Å². The first-order valence-electron chi connectivity index (χ1n) is 6.45. The number of nitriles is 1. The highest BCUT2D eigenvalue weighted by Gasteiger charge is 2.28. The van der Waals surface area contributed by atoms with Gasteiger partial charge in [0, 0.05) is 24.3 Å². The van der Waals surface area contributed by atoms with E-state index < -0.39 is 5.60 Å². The van der Waals surface area contributed by atoms with Crippen molar-refractivity contribution in [3.63, 3.8) is 0 Å². The first kappa shape index (κ1) is 13.6. The number of rotatable bonds is 2. The van der Waals surface area contributed by atoms with Gasteiger partial charge in [-0.3, -0.25) is 4.79 Å². The van der Waals surface area contributed by atoms with Gasteiger partial charge >= 0.3 is 0 Å². The zero-order valence-electron chi connectivity index (χ0n) is 11.3. The number of benzene rings is 1. The Balaban J connectivity index is 2.33. The fourth-order valence-corrected chi connectivity index (χ4v) is 2.39. The highest BCUT2D eigenvalue weighted by Crippen LogP contribution is 2.29. The molecule has 2 rings (SSSR count). The number of hydrogen-bond acceptors (Lipinski definition) is 4. The number of carbonyl (C=O) groups excluding carboxylic acids is 1. The number of Topliss-reactive ketones (excluding diaryl/α,β-unsaturated/α-hetero) is 1. The molecule has 1 fully saturated rings. The molecule has 1 aliphatic heterocycles. The van der Waals surface area contributed by atoms with Crippen molar-refractivity contribution < 1.29 is 9.90 Å². The summed E-state index contributed by atoms with van der Waals surface area (Å²) in [5, 5.41) is 19.0. The van der Waals surface area contributed by atoms with Gasteiger partial charge in [-0.1, -0.05) is 0 Å². The molecule has 1 aromatic rings. The van der Waals surface area contributed by atoms with Crippen molar-refractivity contribution in [2.45, 2.75) is 32.3 Å². The number of piperidine rings is 1. The Kier molecular flexibility index (Phi) is 3.59. The van der Waals surface area contributed by atoms with Crippen LogP contribution in [0.25, 0.3) is 0 Å². The Morgan fingerprint density at radius 1 is 1.42 bits per heavy atom. The summed E-state index contributed by atoms with van der Waals surface area (Å²) < 4.78 is 0. The second-order valence-electron chi connectivity index (χ2n) is 5.38. The molecule has 0 aliphatic carbocycles. The lowest BCUT2D eigenvalue weighted by Gasteiger charge is -2.37. The SMILES string of the molecule is CC(=O)c1ccc(C#N)cc1N1CCC(C)(O)CC1. The second-order valence-corrected chi connectivity index (χ2v) is 5.38. The zero-order chi connectivity index (χ0) is 14.0. The molecule has 1 N–H and O–H groups in total. The van der Waals surface area contributed by atoms with E-state index >= 15 is 0 Å². The summed E-state index contributed by atoms with van der Waals surface area (Å²) in [6.07, 6.45) is 1.34. The molecule has 0 radical (unpaired) electrons. The van der Waals surface area contributed by atoms with Gasteiger partial charge in [0.2, 0.25) is 0 Å². The van der Waals surface area contributed by atoms with Crippen molar-refractivity contribution in [1.82, 2.24) is 0 Å². The Bertz CT molecular complexity index is 534. The number of ketones is 1. The van der Waals surface area contributed by atoms with Crippen LogP contribution in [0.3, 0.4) is 0 Å². The van der Waals surface area contributed by atoms with Crippen LogP contribution in [0.2, 0.25) is 0 Å². The van der Waals surface area contributed by atoms with Crippen LogP contribution in [0.4, 0.5) is 5.69 Å². The Morgan fingerprint density at radius 2 is 2.05 bits per heavy atom. The summed E-state index contributed by atoms with van der Waals surface area (Å²) in [5.74, 6) is -0.00294. The average Bonchev–Trinajstić information content (AvgIpc) is 2.38. The molecule has 19 heavy (non-hydrogen) atoms. The summed E-state index contributed by atoms with van der Waals surface area (Å²) in [4.78, 5) is 13.8. The lowest BCUT2D eigenvalue weighted by atomic mass is 9.92. The van der Waals surface area contributed by atoms with Gasteiger partial charge in [0.25, 0.3) is 0 Å². The highest BCUT2D eigenvalue weighted by atomic mass is 16.3. The quantitative estimate of drug-likeness (QED) is 0.825. The number of anilines is 1. The molecule has 0 aromatic heterocycles. The summed E-state index contributed by atoms with van der Waals surface area (Å²) in [6.45, 7) is 4.76. The van der Waals surface area contributed by atoms with Crippen LogP contribution in [-0.4, -0.2) is 29.6 Å². The van der Waals surface area contributed by atoms with Gasteiger partial charge in [-0.25, -0.2) is 0 Å². The van der Waals surface area contributed by atoms with Gasteiger partial charge in [0.1, 0.15) is 0 Å². The molecule has 1 heterocycles. The first-order chi connectivity index (χ1) is 8.93. The predicted octanol–water partition coefficient (Wildman–Crippen LogP) is 2.11. The maximum atomic E-state index is 11.7. The lowest BCUT2D eigenvalue weighted by molar-refractivity contribution is 0.0351. The molecule has 1 aliphatic rings. The topological polar surface area (TPSA) is 64.3 Å². The van der Waals surface area contributed by atoms with Crippen LogP contribution >= 0.6 is 0 Å². The maximum absolute atomic E-state index is 11.7. The molecular weight excluding hydrogens is 240 g/mol. The van der Waals surface area contributed by atoms with Crippen LogP contribution in [0.5, 0.6) is 0 Å². The van der Waals surface area contributed by atoms with Crippen molar-refractivity contribution in [3.05, 3.63) is 29.3 Å². The molecule has 0 saturated carbocycles. The fraction of sp³-hybridized carbons (Fsp3) is 0.467. The predicted molar refractivity (Wildman–Crippen MR) is 73.2 cm³/mol. The zero-order valence-corrected chi connectivity index (χ0v) is 11.3. The summed E-state index contributed by atoms with van der Waals surface area (Å²) in [5.41, 5.74) is 1.37. The maximum Gasteiger partial charge on any atom is 0.161 e. The number of hydrogen-bond donors (Lipinski definition) is 1. The van der Waals surface area contributed by atoms with E-state index in [1.54, 1.807) is 18.2 Å². The molecule has 0 atom stereocenters. The van der Waals surface area contributed by atoms with E-state index in [-0.39, 0.29) is 5.78 Å². The molecule has 1 aromatic carbocycles. The average molecular weight is 258 g/mol. The van der Waals surface area contributed by atoms with Crippen LogP contribution in [0.15, 0.2) is 18.2 Å². The number of aliphatic hydroxyl groups is 1. The van der Waals surface area contributed by atoms with Gasteiger partial charge in [-0.15, -0.1) is 0 Å². The first-order valence-corrected chi connectivity index (χ1v) is 6.45. The van der Waals surface area contributed by atoms with E-state index in [4.69, 9.17) is 5.26 Å². The van der Waals surface area contributed by atoms with Crippen molar-refractivity contribution in [2.75, 3.05) is 18.0 Å².